The predicted molar refractivity (Wildman–Crippen MR) is 96.2 cm³/mol. The van der Waals surface area contributed by atoms with Gasteiger partial charge in [0.2, 0.25) is 0 Å². The van der Waals surface area contributed by atoms with Crippen molar-refractivity contribution in [3.8, 4) is 11.5 Å². The first-order chi connectivity index (χ1) is 13.9. The zero-order chi connectivity index (χ0) is 22.4. The van der Waals surface area contributed by atoms with Gasteiger partial charge >= 0.3 is 18.5 Å². The normalized spacial score (nSPS) is 12.0. The first-order valence-electron chi connectivity index (χ1n) is 8.15. The van der Waals surface area contributed by atoms with Gasteiger partial charge in [-0.2, -0.15) is 22.0 Å². The summed E-state index contributed by atoms with van der Waals surface area (Å²) in [5.41, 5.74) is 0.0157. The maximum Gasteiger partial charge on any atom is 0.422 e. The number of hydrogen-bond acceptors (Lipinski definition) is 4. The van der Waals surface area contributed by atoms with Gasteiger partial charge in [0.25, 0.3) is 0 Å². The summed E-state index contributed by atoms with van der Waals surface area (Å²) in [7, 11) is 0. The van der Waals surface area contributed by atoms with Crippen LogP contribution >= 0.6 is 12.2 Å². The fourth-order valence-corrected chi connectivity index (χ4v) is 2.16. The smallest absolute Gasteiger partial charge is 0.422 e. The Bertz CT molecular complexity index is 829. The van der Waals surface area contributed by atoms with Crippen LogP contribution in [-0.4, -0.2) is 36.9 Å². The number of thiocarbonyl (C=S) groups is 1. The van der Waals surface area contributed by atoms with Gasteiger partial charge in [-0.05, 0) is 24.4 Å². The summed E-state index contributed by atoms with van der Waals surface area (Å²) in [6, 6.07) is 6.36. The molecule has 5 nitrogen and oxygen atoms in total. The van der Waals surface area contributed by atoms with Gasteiger partial charge in [-0.15, -0.1) is 0 Å². The summed E-state index contributed by atoms with van der Waals surface area (Å²) in [4.78, 5) is 0. The van der Waals surface area contributed by atoms with Crippen molar-refractivity contribution in [2.75, 3.05) is 18.5 Å². The van der Waals surface area contributed by atoms with Crippen molar-refractivity contribution in [3.63, 3.8) is 0 Å². The van der Waals surface area contributed by atoms with E-state index in [0.29, 0.717) is 5.76 Å². The zero-order valence-corrected chi connectivity index (χ0v) is 15.8. The van der Waals surface area contributed by atoms with Crippen molar-refractivity contribution in [1.82, 2.24) is 5.32 Å². The Kier molecular flexibility index (Phi) is 7.76. The van der Waals surface area contributed by atoms with E-state index in [-0.39, 0.29) is 17.3 Å². The summed E-state index contributed by atoms with van der Waals surface area (Å²) in [6.07, 6.45) is -7.20. The number of rotatable bonds is 9. The Morgan fingerprint density at radius 3 is 2.20 bits per heavy atom. The molecule has 1 aromatic heterocycles. The summed E-state index contributed by atoms with van der Waals surface area (Å²) >= 11 is 5.03. The van der Waals surface area contributed by atoms with Gasteiger partial charge in [0.05, 0.1) is 12.8 Å². The van der Waals surface area contributed by atoms with E-state index >= 15 is 0 Å². The summed E-state index contributed by atoms with van der Waals surface area (Å²) in [5.74, 6) is -4.73. The minimum atomic E-state index is -4.66. The summed E-state index contributed by atoms with van der Waals surface area (Å²) in [5, 5.41) is 5.37. The van der Waals surface area contributed by atoms with Crippen LogP contribution in [0.15, 0.2) is 41.0 Å². The molecule has 1 aromatic carbocycles. The lowest BCUT2D eigenvalue weighted by molar-refractivity contribution is -0.153. The van der Waals surface area contributed by atoms with Crippen LogP contribution in [-0.2, 0) is 6.54 Å². The molecule has 0 aliphatic rings. The average molecular weight is 460 g/mol. The fourth-order valence-electron chi connectivity index (χ4n) is 1.97. The highest BCUT2D eigenvalue weighted by molar-refractivity contribution is 7.80. The minimum Gasteiger partial charge on any atom is -0.487 e. The molecule has 0 atom stereocenters. The Labute approximate surface area is 171 Å². The third-order valence-electron chi connectivity index (χ3n) is 3.29. The van der Waals surface area contributed by atoms with Crippen LogP contribution in [0, 0.1) is 0 Å². The zero-order valence-electron chi connectivity index (χ0n) is 14.9. The SMILES string of the molecule is FC(F)C(F)(F)COc1cc(NC(=S)NCc2ccco2)cc(OCC(F)(F)F)c1. The number of benzene rings is 1. The molecule has 2 N–H and O–H groups in total. The molecule has 0 bridgehead atoms. The van der Waals surface area contributed by atoms with Gasteiger partial charge in [0.15, 0.2) is 18.3 Å². The molecule has 30 heavy (non-hydrogen) atoms. The van der Waals surface area contributed by atoms with E-state index in [0.717, 1.165) is 18.2 Å². The third-order valence-corrected chi connectivity index (χ3v) is 3.54. The number of alkyl halides is 7. The number of nitrogens with one attached hydrogen (secondary N) is 2. The van der Waals surface area contributed by atoms with E-state index in [1.54, 1.807) is 12.1 Å². The van der Waals surface area contributed by atoms with Crippen LogP contribution in [0.3, 0.4) is 0 Å². The molecule has 2 aromatic rings. The van der Waals surface area contributed by atoms with E-state index in [4.69, 9.17) is 16.6 Å². The van der Waals surface area contributed by atoms with Gasteiger partial charge in [-0.3, -0.25) is 0 Å². The first kappa shape index (κ1) is 23.6. The molecule has 0 unspecified atom stereocenters. The van der Waals surface area contributed by atoms with Crippen molar-refractivity contribution < 1.29 is 44.6 Å². The quantitative estimate of drug-likeness (QED) is 0.407. The molecule has 166 valence electrons. The minimum absolute atomic E-state index is 0.0157. The van der Waals surface area contributed by atoms with E-state index in [1.807, 2.05) is 0 Å². The molecule has 0 fully saturated rings. The summed E-state index contributed by atoms with van der Waals surface area (Å²) in [6.45, 7) is -3.16. The average Bonchev–Trinajstić information content (AvgIpc) is 3.16. The molecule has 2 rings (SSSR count). The van der Waals surface area contributed by atoms with Crippen LogP contribution in [0.1, 0.15) is 5.76 Å². The predicted octanol–water partition coefficient (Wildman–Crippen LogP) is 4.99. The molecular weight excluding hydrogens is 445 g/mol. The molecule has 0 aliphatic carbocycles. The molecule has 0 radical (unpaired) electrons. The second-order valence-electron chi connectivity index (χ2n) is 5.83. The van der Waals surface area contributed by atoms with Crippen molar-refractivity contribution in [1.29, 1.82) is 0 Å². The lowest BCUT2D eigenvalue weighted by atomic mass is 10.2. The molecule has 0 aliphatic heterocycles. The van der Waals surface area contributed by atoms with Crippen molar-refractivity contribution in [2.24, 2.45) is 0 Å². The molecular formula is C17H15F7N2O3S. The highest BCUT2D eigenvalue weighted by Gasteiger charge is 2.41. The highest BCUT2D eigenvalue weighted by Crippen LogP contribution is 2.30. The topological polar surface area (TPSA) is 55.7 Å². The monoisotopic (exact) mass is 460 g/mol. The standard InChI is InChI=1S/C17H15F7N2O3S/c18-14(19)16(20,21)8-28-12-4-10(5-13(6-12)29-9-17(22,23)24)26-15(30)25-7-11-2-1-3-27-11/h1-6,14H,7-9H2,(H2,25,26,30). The second kappa shape index (κ2) is 9.87. The van der Waals surface area contributed by atoms with Crippen molar-refractivity contribution in [3.05, 3.63) is 42.4 Å². The molecule has 0 amide bonds. The molecule has 0 saturated carbocycles. The number of anilines is 1. The summed E-state index contributed by atoms with van der Waals surface area (Å²) < 4.78 is 102. The largest absolute Gasteiger partial charge is 0.487 e. The Morgan fingerprint density at radius 2 is 1.67 bits per heavy atom. The van der Waals surface area contributed by atoms with Crippen molar-refractivity contribution in [2.45, 2.75) is 25.1 Å². The van der Waals surface area contributed by atoms with E-state index in [2.05, 4.69) is 20.1 Å². The van der Waals surface area contributed by atoms with Gasteiger partial charge in [0, 0.05) is 23.9 Å². The van der Waals surface area contributed by atoms with Crippen LogP contribution in [0.25, 0.3) is 0 Å². The van der Waals surface area contributed by atoms with Crippen LogP contribution in [0.4, 0.5) is 36.4 Å². The molecule has 1 heterocycles. The first-order valence-corrected chi connectivity index (χ1v) is 8.56. The Hall–Kier alpha value is -2.70. The number of ether oxygens (including phenoxy) is 2. The highest BCUT2D eigenvalue weighted by atomic mass is 32.1. The van der Waals surface area contributed by atoms with Crippen LogP contribution < -0.4 is 20.1 Å². The number of halogens is 7. The van der Waals surface area contributed by atoms with Gasteiger partial charge in [-0.25, -0.2) is 8.78 Å². The fraction of sp³-hybridized carbons (Fsp3) is 0.353. The third kappa shape index (κ3) is 7.97. The maximum atomic E-state index is 13.1. The Morgan fingerprint density at radius 1 is 1.03 bits per heavy atom. The maximum absolute atomic E-state index is 13.1. The van der Waals surface area contributed by atoms with E-state index in [9.17, 15) is 30.7 Å². The van der Waals surface area contributed by atoms with E-state index < -0.39 is 43.2 Å². The molecule has 0 saturated heterocycles. The lowest BCUT2D eigenvalue weighted by Crippen LogP contribution is -2.33. The molecule has 0 spiro atoms. The van der Waals surface area contributed by atoms with Gasteiger partial charge in [0.1, 0.15) is 17.3 Å². The van der Waals surface area contributed by atoms with E-state index in [1.165, 1.54) is 6.26 Å². The second-order valence-corrected chi connectivity index (χ2v) is 6.24. The van der Waals surface area contributed by atoms with Crippen LogP contribution in [0.2, 0.25) is 0 Å². The number of hydrogen-bond donors (Lipinski definition) is 2. The van der Waals surface area contributed by atoms with Gasteiger partial charge < -0.3 is 24.5 Å². The number of furan rings is 1. The van der Waals surface area contributed by atoms with Crippen molar-refractivity contribution >= 4 is 23.0 Å². The Balaban J connectivity index is 2.10. The van der Waals surface area contributed by atoms with Gasteiger partial charge in [-0.1, -0.05) is 0 Å². The molecule has 13 heteroatoms. The van der Waals surface area contributed by atoms with Crippen LogP contribution in [0.5, 0.6) is 11.5 Å². The lowest BCUT2D eigenvalue weighted by Gasteiger charge is -2.18.